The fraction of sp³-hybridized carbons (Fsp3) is 0.0833. The second-order valence-electron chi connectivity index (χ2n) is 6.98. The van der Waals surface area contributed by atoms with Crippen LogP contribution in [-0.2, 0) is 5.75 Å². The minimum absolute atomic E-state index is 0.308. The van der Waals surface area contributed by atoms with Crippen molar-refractivity contribution in [3.8, 4) is 34.2 Å². The molecule has 7 nitrogen and oxygen atoms in total. The minimum Gasteiger partial charge on any atom is -0.496 e. The fourth-order valence-corrected chi connectivity index (χ4v) is 4.13. The van der Waals surface area contributed by atoms with E-state index in [1.54, 1.807) is 19.2 Å². The average molecular weight is 460 g/mol. The van der Waals surface area contributed by atoms with Gasteiger partial charge in [0.15, 0.2) is 11.0 Å². The van der Waals surface area contributed by atoms with Crippen LogP contribution in [0.1, 0.15) is 5.89 Å². The van der Waals surface area contributed by atoms with E-state index in [1.807, 2.05) is 59.2 Å². The lowest BCUT2D eigenvalue weighted by molar-refractivity contribution is 0.390. The van der Waals surface area contributed by atoms with Gasteiger partial charge in [-0.2, -0.15) is 4.98 Å². The van der Waals surface area contributed by atoms with Crippen molar-refractivity contribution in [3.05, 3.63) is 90.6 Å². The Hall–Kier alpha value is -3.98. The van der Waals surface area contributed by atoms with Crippen LogP contribution in [0.4, 0.5) is 4.39 Å². The first-order valence-corrected chi connectivity index (χ1v) is 11.1. The summed E-state index contributed by atoms with van der Waals surface area (Å²) in [6.07, 6.45) is 0. The molecule has 2 aromatic heterocycles. The van der Waals surface area contributed by atoms with E-state index < -0.39 is 0 Å². The molecular weight excluding hydrogens is 441 g/mol. The lowest BCUT2D eigenvalue weighted by Gasteiger charge is -2.10. The molecule has 9 heteroatoms. The third-order valence-corrected chi connectivity index (χ3v) is 5.80. The molecule has 0 saturated carbocycles. The van der Waals surface area contributed by atoms with Gasteiger partial charge in [-0.1, -0.05) is 59.4 Å². The van der Waals surface area contributed by atoms with E-state index in [0.29, 0.717) is 34.2 Å². The summed E-state index contributed by atoms with van der Waals surface area (Å²) in [7, 11) is 1.60. The highest BCUT2D eigenvalue weighted by molar-refractivity contribution is 7.98. The molecule has 0 aliphatic carbocycles. The van der Waals surface area contributed by atoms with Crippen LogP contribution in [0.25, 0.3) is 28.5 Å². The Balaban J connectivity index is 1.44. The lowest BCUT2D eigenvalue weighted by atomic mass is 10.2. The maximum atomic E-state index is 13.5. The van der Waals surface area contributed by atoms with Gasteiger partial charge < -0.3 is 9.26 Å². The second-order valence-corrected chi connectivity index (χ2v) is 7.93. The first-order valence-electron chi connectivity index (χ1n) is 10.1. The zero-order chi connectivity index (χ0) is 22.6. The monoisotopic (exact) mass is 459 g/mol. The molecule has 0 unspecified atom stereocenters. The predicted molar refractivity (Wildman–Crippen MR) is 123 cm³/mol. The predicted octanol–water partition coefficient (Wildman–Crippen LogP) is 5.42. The molecule has 0 saturated heterocycles. The van der Waals surface area contributed by atoms with E-state index in [4.69, 9.17) is 9.26 Å². The van der Waals surface area contributed by atoms with Gasteiger partial charge in [-0.15, -0.1) is 10.2 Å². The molecular formula is C24H18FN5O2S. The summed E-state index contributed by atoms with van der Waals surface area (Å²) in [5, 5.41) is 13.5. The topological polar surface area (TPSA) is 78.9 Å². The molecule has 0 atom stereocenters. The molecule has 5 rings (SSSR count). The molecule has 33 heavy (non-hydrogen) atoms. The third kappa shape index (κ3) is 4.35. The van der Waals surface area contributed by atoms with Crippen molar-refractivity contribution in [1.82, 2.24) is 24.9 Å². The van der Waals surface area contributed by atoms with Crippen molar-refractivity contribution in [3.63, 3.8) is 0 Å². The zero-order valence-electron chi connectivity index (χ0n) is 17.6. The highest BCUT2D eigenvalue weighted by Gasteiger charge is 2.18. The van der Waals surface area contributed by atoms with Crippen LogP contribution in [-0.4, -0.2) is 32.0 Å². The average Bonchev–Trinajstić information content (AvgIpc) is 3.51. The molecule has 0 aliphatic heterocycles. The Bertz CT molecular complexity index is 1370. The largest absolute Gasteiger partial charge is 0.496 e. The summed E-state index contributed by atoms with van der Waals surface area (Å²) in [6, 6.07) is 23.4. The molecule has 0 amide bonds. The van der Waals surface area contributed by atoms with Crippen LogP contribution in [0.15, 0.2) is 88.5 Å². The molecule has 164 valence electrons. The van der Waals surface area contributed by atoms with E-state index in [1.165, 1.54) is 23.9 Å². The number of rotatable bonds is 7. The van der Waals surface area contributed by atoms with Gasteiger partial charge in [-0.05, 0) is 36.4 Å². The van der Waals surface area contributed by atoms with Crippen LogP contribution in [0.2, 0.25) is 0 Å². The van der Waals surface area contributed by atoms with Gasteiger partial charge in [0.05, 0.1) is 18.4 Å². The highest BCUT2D eigenvalue weighted by Crippen LogP contribution is 2.31. The van der Waals surface area contributed by atoms with E-state index in [-0.39, 0.29) is 5.82 Å². The number of methoxy groups -OCH3 is 1. The normalized spacial score (nSPS) is 11.0. The maximum absolute atomic E-state index is 13.5. The quantitative estimate of drug-likeness (QED) is 0.301. The maximum Gasteiger partial charge on any atom is 0.237 e. The van der Waals surface area contributed by atoms with Gasteiger partial charge in [-0.3, -0.25) is 4.57 Å². The van der Waals surface area contributed by atoms with Gasteiger partial charge in [-0.25, -0.2) is 4.39 Å². The van der Waals surface area contributed by atoms with Gasteiger partial charge in [0.1, 0.15) is 11.6 Å². The molecule has 3 aromatic carbocycles. The molecule has 5 aromatic rings. The van der Waals surface area contributed by atoms with Crippen molar-refractivity contribution in [2.45, 2.75) is 10.9 Å². The van der Waals surface area contributed by atoms with Gasteiger partial charge in [0.25, 0.3) is 0 Å². The summed E-state index contributed by atoms with van der Waals surface area (Å²) < 4.78 is 26.3. The summed E-state index contributed by atoms with van der Waals surface area (Å²) in [4.78, 5) is 4.50. The smallest absolute Gasteiger partial charge is 0.237 e. The van der Waals surface area contributed by atoms with Gasteiger partial charge >= 0.3 is 0 Å². The number of nitrogens with zero attached hydrogens (tertiary/aromatic N) is 5. The standard InChI is InChI=1S/C24H18FN5O2S/c1-31-20-10-6-5-9-19(20)22-26-21(32-29-22)15-33-24-28-27-23(16-7-3-2-4-8-16)30(24)18-13-11-17(25)12-14-18/h2-14H,15H2,1H3. The number of hydrogen-bond donors (Lipinski definition) is 0. The van der Waals surface area contributed by atoms with Crippen LogP contribution in [0.5, 0.6) is 5.75 Å². The third-order valence-electron chi connectivity index (χ3n) is 4.89. The molecule has 0 fully saturated rings. The van der Waals surface area contributed by atoms with Crippen LogP contribution >= 0.6 is 11.8 Å². The molecule has 0 N–H and O–H groups in total. The summed E-state index contributed by atoms with van der Waals surface area (Å²) in [5.41, 5.74) is 2.40. The van der Waals surface area contributed by atoms with E-state index >= 15 is 0 Å². The minimum atomic E-state index is -0.308. The first-order chi connectivity index (χ1) is 16.2. The summed E-state index contributed by atoms with van der Waals surface area (Å²) in [5.74, 6) is 2.29. The second kappa shape index (κ2) is 9.25. The Kier molecular flexibility index (Phi) is 5.86. The van der Waals surface area contributed by atoms with Crippen LogP contribution < -0.4 is 4.74 Å². The highest BCUT2D eigenvalue weighted by atomic mass is 32.2. The molecule has 0 bridgehead atoms. The van der Waals surface area contributed by atoms with Crippen molar-refractivity contribution in [2.24, 2.45) is 0 Å². The Morgan fingerprint density at radius 1 is 0.939 bits per heavy atom. The number of ether oxygens (including phenoxy) is 1. The Labute approximate surface area is 193 Å². The van der Waals surface area contributed by atoms with Crippen LogP contribution in [0, 0.1) is 5.82 Å². The summed E-state index contributed by atoms with van der Waals surface area (Å²) in [6.45, 7) is 0. The van der Waals surface area contributed by atoms with Crippen molar-refractivity contribution in [2.75, 3.05) is 7.11 Å². The SMILES string of the molecule is COc1ccccc1-c1noc(CSc2nnc(-c3ccccc3)n2-c2ccc(F)cc2)n1. The zero-order valence-corrected chi connectivity index (χ0v) is 18.4. The van der Waals surface area contributed by atoms with Gasteiger partial charge in [0, 0.05) is 11.3 Å². The Morgan fingerprint density at radius 2 is 1.70 bits per heavy atom. The van der Waals surface area contributed by atoms with Crippen molar-refractivity contribution < 1.29 is 13.7 Å². The lowest BCUT2D eigenvalue weighted by Crippen LogP contribution is -2.00. The van der Waals surface area contributed by atoms with Crippen molar-refractivity contribution in [1.29, 1.82) is 0 Å². The van der Waals surface area contributed by atoms with Crippen LogP contribution in [0.3, 0.4) is 0 Å². The number of para-hydroxylation sites is 1. The van der Waals surface area contributed by atoms with E-state index in [9.17, 15) is 4.39 Å². The number of benzene rings is 3. The van der Waals surface area contributed by atoms with Gasteiger partial charge in [0.2, 0.25) is 11.7 Å². The van der Waals surface area contributed by atoms with Crippen molar-refractivity contribution >= 4 is 11.8 Å². The summed E-state index contributed by atoms with van der Waals surface area (Å²) >= 11 is 1.40. The Morgan fingerprint density at radius 3 is 2.48 bits per heavy atom. The first kappa shape index (κ1) is 20.9. The molecule has 2 heterocycles. The number of halogens is 1. The van der Waals surface area contributed by atoms with E-state index in [2.05, 4.69) is 20.3 Å². The number of aromatic nitrogens is 5. The fourth-order valence-electron chi connectivity index (χ4n) is 3.34. The van der Waals surface area contributed by atoms with E-state index in [0.717, 1.165) is 16.8 Å². The number of hydrogen-bond acceptors (Lipinski definition) is 7. The molecule has 0 aliphatic rings. The number of thioether (sulfide) groups is 1. The molecule has 0 radical (unpaired) electrons. The molecule has 0 spiro atoms.